The topological polar surface area (TPSA) is 66.4 Å². The van der Waals surface area contributed by atoms with Gasteiger partial charge in [-0.1, -0.05) is 6.08 Å². The minimum atomic E-state index is -2.82. The highest BCUT2D eigenvalue weighted by Crippen LogP contribution is 2.03. The lowest BCUT2D eigenvalue weighted by Gasteiger charge is -2.11. The van der Waals surface area contributed by atoms with Crippen LogP contribution in [-0.2, 0) is 9.59 Å². The molecule has 0 heterocycles. The Hall–Kier alpha value is -0.970. The Morgan fingerprint density at radius 1 is 1.85 bits per heavy atom. The first-order valence-corrected chi connectivity index (χ1v) is 4.67. The zero-order chi connectivity index (χ0) is 12.8. The van der Waals surface area contributed by atoms with Crippen LogP contribution in [-0.4, -0.2) is 34.5 Å². The number of hydrogen-bond donors (Lipinski definition) is 2. The van der Waals surface area contributed by atoms with Crippen LogP contribution in [0, 0.1) is 0 Å². The Bertz CT molecular complexity index is 280. The molecule has 4 nitrogen and oxygen atoms in total. The van der Waals surface area contributed by atoms with Crippen molar-refractivity contribution >= 4 is 23.6 Å². The van der Waals surface area contributed by atoms with E-state index in [0.717, 1.165) is 0 Å². The molecule has 1 atom stereocenters. The highest BCUT2D eigenvalue weighted by Gasteiger charge is 2.17. The first kappa shape index (κ1) is 7.44. The SMILES string of the molecule is [2H]C([2H])([2H])C(=O)N[C@@H](CSCC=C)C(=O)O. The van der Waals surface area contributed by atoms with E-state index in [9.17, 15) is 9.59 Å². The molecule has 5 heteroatoms. The molecule has 0 aliphatic carbocycles. The average Bonchev–Trinajstić information content (AvgIpc) is 2.14. The molecule has 0 fully saturated rings. The van der Waals surface area contributed by atoms with Crippen LogP contribution in [0.15, 0.2) is 12.7 Å². The van der Waals surface area contributed by atoms with E-state index in [1.54, 1.807) is 6.08 Å². The molecule has 74 valence electrons. The largest absolute Gasteiger partial charge is 0.480 e. The molecular weight excluding hydrogens is 190 g/mol. The predicted molar refractivity (Wildman–Crippen MR) is 52.8 cm³/mol. The van der Waals surface area contributed by atoms with E-state index in [1.807, 2.05) is 5.32 Å². The summed E-state index contributed by atoms with van der Waals surface area (Å²) in [5.41, 5.74) is 0. The van der Waals surface area contributed by atoms with Crippen molar-refractivity contribution in [1.82, 2.24) is 5.32 Å². The molecule has 0 aromatic carbocycles. The Morgan fingerprint density at radius 3 is 3.00 bits per heavy atom. The van der Waals surface area contributed by atoms with Gasteiger partial charge in [-0.05, 0) is 0 Å². The fourth-order valence-corrected chi connectivity index (χ4v) is 1.37. The number of hydrogen-bond acceptors (Lipinski definition) is 3. The highest BCUT2D eigenvalue weighted by molar-refractivity contribution is 7.99. The van der Waals surface area contributed by atoms with Crippen molar-refractivity contribution < 1.29 is 18.8 Å². The van der Waals surface area contributed by atoms with Crippen molar-refractivity contribution in [3.05, 3.63) is 12.7 Å². The van der Waals surface area contributed by atoms with Gasteiger partial charge in [0, 0.05) is 22.5 Å². The molecule has 0 aromatic rings. The van der Waals surface area contributed by atoms with E-state index >= 15 is 0 Å². The summed E-state index contributed by atoms with van der Waals surface area (Å²) in [5, 5.41) is 10.7. The Labute approximate surface area is 85.6 Å². The Balaban J connectivity index is 4.29. The second-order valence-electron chi connectivity index (χ2n) is 2.19. The lowest BCUT2D eigenvalue weighted by molar-refractivity contribution is -0.140. The summed E-state index contributed by atoms with van der Waals surface area (Å²) < 4.78 is 20.4. The standard InChI is InChI=1S/C8H13NO3S/c1-3-4-13-5-7(8(11)12)9-6(2)10/h3,7H,1,4-5H2,2H3,(H,9,10)(H,11,12)/t7-/m0/s1/i2D3. The second kappa shape index (κ2) is 6.54. The quantitative estimate of drug-likeness (QED) is 0.490. The normalized spacial score (nSPS) is 16.2. The minimum absolute atomic E-state index is 0.100. The van der Waals surface area contributed by atoms with Crippen molar-refractivity contribution in [2.24, 2.45) is 0 Å². The summed E-state index contributed by atoms with van der Waals surface area (Å²) in [6.07, 6.45) is 1.59. The molecule has 0 unspecified atom stereocenters. The van der Waals surface area contributed by atoms with E-state index in [-0.39, 0.29) is 5.75 Å². The maximum atomic E-state index is 11.0. The van der Waals surface area contributed by atoms with E-state index in [0.29, 0.717) is 5.75 Å². The summed E-state index contributed by atoms with van der Waals surface area (Å²) in [6.45, 7) is 0.634. The van der Waals surface area contributed by atoms with Gasteiger partial charge in [-0.2, -0.15) is 11.8 Å². The Morgan fingerprint density at radius 2 is 2.54 bits per heavy atom. The van der Waals surface area contributed by atoms with Crippen LogP contribution in [0.5, 0.6) is 0 Å². The van der Waals surface area contributed by atoms with Crippen molar-refractivity contribution in [2.45, 2.75) is 12.9 Å². The summed E-state index contributed by atoms with van der Waals surface area (Å²) in [5.74, 6) is -1.87. The lowest BCUT2D eigenvalue weighted by atomic mass is 10.3. The van der Waals surface area contributed by atoms with Crippen LogP contribution in [0.25, 0.3) is 0 Å². The van der Waals surface area contributed by atoms with Gasteiger partial charge in [0.2, 0.25) is 5.91 Å². The van der Waals surface area contributed by atoms with Crippen LogP contribution in [0.4, 0.5) is 0 Å². The predicted octanol–water partition coefficient (Wildman–Crippen LogP) is 0.495. The van der Waals surface area contributed by atoms with Crippen molar-refractivity contribution in [2.75, 3.05) is 11.5 Å². The van der Waals surface area contributed by atoms with Gasteiger partial charge in [0.05, 0.1) is 0 Å². The van der Waals surface area contributed by atoms with Gasteiger partial charge in [0.1, 0.15) is 6.04 Å². The van der Waals surface area contributed by atoms with Crippen LogP contribution < -0.4 is 5.32 Å². The van der Waals surface area contributed by atoms with Crippen molar-refractivity contribution in [3.63, 3.8) is 0 Å². The fourth-order valence-electron chi connectivity index (χ4n) is 0.602. The van der Waals surface area contributed by atoms with Crippen LogP contribution >= 0.6 is 11.8 Å². The molecule has 2 N–H and O–H groups in total. The number of thioether (sulfide) groups is 1. The molecule has 1 amide bonds. The molecule has 13 heavy (non-hydrogen) atoms. The molecular formula is C8H13NO3S. The fraction of sp³-hybridized carbons (Fsp3) is 0.500. The molecule has 0 radical (unpaired) electrons. The van der Waals surface area contributed by atoms with Gasteiger partial charge in [-0.15, -0.1) is 6.58 Å². The summed E-state index contributed by atoms with van der Waals surface area (Å²) >= 11 is 1.25. The summed E-state index contributed by atoms with van der Waals surface area (Å²) in [7, 11) is 0. The number of amides is 1. The first-order valence-electron chi connectivity index (χ1n) is 5.01. The molecule has 0 saturated carbocycles. The number of carboxylic acids is 1. The van der Waals surface area contributed by atoms with Crippen LogP contribution in [0.3, 0.4) is 0 Å². The van der Waals surface area contributed by atoms with Gasteiger partial charge >= 0.3 is 5.97 Å². The van der Waals surface area contributed by atoms with Gasteiger partial charge in [-0.3, -0.25) is 4.79 Å². The number of rotatable bonds is 6. The third kappa shape index (κ3) is 6.21. The highest BCUT2D eigenvalue weighted by atomic mass is 32.2. The maximum absolute atomic E-state index is 11.0. The second-order valence-corrected chi connectivity index (χ2v) is 3.27. The third-order valence-electron chi connectivity index (χ3n) is 1.12. The molecule has 0 bridgehead atoms. The average molecular weight is 206 g/mol. The smallest absolute Gasteiger partial charge is 0.327 e. The van der Waals surface area contributed by atoms with E-state index in [2.05, 4.69) is 6.58 Å². The molecule has 0 aliphatic rings. The zero-order valence-corrected chi connectivity index (χ0v) is 7.76. The molecule has 0 saturated heterocycles. The lowest BCUT2D eigenvalue weighted by Crippen LogP contribution is -2.41. The summed E-state index contributed by atoms with van der Waals surface area (Å²) in [4.78, 5) is 21.8. The number of aliphatic carboxylic acids is 1. The monoisotopic (exact) mass is 206 g/mol. The summed E-state index contributed by atoms with van der Waals surface area (Å²) in [6, 6.07) is -1.20. The first-order chi connectivity index (χ1) is 7.29. The molecule has 0 rings (SSSR count). The number of carbonyl (C=O) groups excluding carboxylic acids is 1. The molecule has 0 spiro atoms. The number of carbonyl (C=O) groups is 2. The van der Waals surface area contributed by atoms with Crippen LogP contribution in [0.1, 0.15) is 11.0 Å². The molecule has 0 aromatic heterocycles. The Kier molecular flexibility index (Phi) is 3.74. The van der Waals surface area contributed by atoms with E-state index < -0.39 is 24.8 Å². The van der Waals surface area contributed by atoms with Gasteiger partial charge in [-0.25, -0.2) is 4.79 Å². The van der Waals surface area contributed by atoms with Gasteiger partial charge in [0.15, 0.2) is 0 Å². The van der Waals surface area contributed by atoms with Crippen molar-refractivity contribution in [1.29, 1.82) is 0 Å². The zero-order valence-electron chi connectivity index (χ0n) is 9.95. The van der Waals surface area contributed by atoms with E-state index in [1.165, 1.54) is 11.8 Å². The van der Waals surface area contributed by atoms with Gasteiger partial charge in [0.25, 0.3) is 0 Å². The van der Waals surface area contributed by atoms with Crippen LogP contribution in [0.2, 0.25) is 0 Å². The number of carboxylic acid groups (broad SMARTS) is 1. The third-order valence-corrected chi connectivity index (χ3v) is 2.16. The minimum Gasteiger partial charge on any atom is -0.480 e. The number of nitrogens with one attached hydrogen (secondary N) is 1. The molecule has 0 aliphatic heterocycles. The van der Waals surface area contributed by atoms with Gasteiger partial charge < -0.3 is 10.4 Å². The van der Waals surface area contributed by atoms with Crippen molar-refractivity contribution in [3.8, 4) is 0 Å². The van der Waals surface area contributed by atoms with E-state index in [4.69, 9.17) is 9.22 Å². The maximum Gasteiger partial charge on any atom is 0.327 e.